The van der Waals surface area contributed by atoms with Crippen LogP contribution in [0.2, 0.25) is 0 Å². The molecule has 26 heavy (non-hydrogen) atoms. The minimum atomic E-state index is 0.0306. The van der Waals surface area contributed by atoms with Crippen LogP contribution in [0.5, 0.6) is 0 Å². The van der Waals surface area contributed by atoms with Crippen LogP contribution in [-0.2, 0) is 6.54 Å². The molecular formula is C19H22N6O. The lowest BCUT2D eigenvalue weighted by molar-refractivity contribution is 0.0783. The molecule has 3 aromatic heterocycles. The second-order valence-corrected chi connectivity index (χ2v) is 6.92. The van der Waals surface area contributed by atoms with E-state index in [9.17, 15) is 4.79 Å². The van der Waals surface area contributed by atoms with Gasteiger partial charge in [0.15, 0.2) is 5.65 Å². The molecule has 1 aliphatic rings. The van der Waals surface area contributed by atoms with E-state index >= 15 is 0 Å². The van der Waals surface area contributed by atoms with Crippen LogP contribution < -0.4 is 0 Å². The monoisotopic (exact) mass is 350 g/mol. The zero-order valence-corrected chi connectivity index (χ0v) is 15.0. The third-order valence-corrected chi connectivity index (χ3v) is 4.94. The average Bonchev–Trinajstić information content (AvgIpc) is 3.29. The summed E-state index contributed by atoms with van der Waals surface area (Å²) in [6.07, 6.45) is 6.19. The first-order chi connectivity index (χ1) is 12.6. The number of hydrogen-bond donors (Lipinski definition) is 0. The molecule has 4 rings (SSSR count). The summed E-state index contributed by atoms with van der Waals surface area (Å²) in [7, 11) is 4.11. The van der Waals surface area contributed by atoms with E-state index in [1.54, 1.807) is 18.7 Å². The Morgan fingerprint density at radius 1 is 1.27 bits per heavy atom. The van der Waals surface area contributed by atoms with Crippen molar-refractivity contribution in [3.05, 3.63) is 54.2 Å². The van der Waals surface area contributed by atoms with Gasteiger partial charge in [0.2, 0.25) is 0 Å². The molecule has 0 aromatic carbocycles. The molecule has 0 bridgehead atoms. The van der Waals surface area contributed by atoms with Crippen LogP contribution in [0.3, 0.4) is 0 Å². The van der Waals surface area contributed by atoms with Gasteiger partial charge < -0.3 is 14.4 Å². The molecule has 134 valence electrons. The van der Waals surface area contributed by atoms with E-state index in [-0.39, 0.29) is 5.91 Å². The van der Waals surface area contributed by atoms with Crippen molar-refractivity contribution in [3.63, 3.8) is 0 Å². The Hall–Kier alpha value is -2.80. The van der Waals surface area contributed by atoms with E-state index in [1.165, 1.54) is 0 Å². The SMILES string of the molecule is CN(C)C1CCN(C(=O)c2cnc3c(c2)ncn3Cc2ccccn2)C1. The molecule has 1 fully saturated rings. The lowest BCUT2D eigenvalue weighted by Gasteiger charge is -2.20. The summed E-state index contributed by atoms with van der Waals surface area (Å²) >= 11 is 0. The number of likely N-dealkylation sites (N-methyl/N-ethyl adjacent to an activating group) is 1. The Bertz CT molecular complexity index is 920. The second-order valence-electron chi connectivity index (χ2n) is 6.92. The van der Waals surface area contributed by atoms with Crippen LogP contribution >= 0.6 is 0 Å². The van der Waals surface area contributed by atoms with E-state index in [4.69, 9.17) is 0 Å². The molecule has 7 nitrogen and oxygen atoms in total. The normalized spacial score (nSPS) is 17.3. The third kappa shape index (κ3) is 3.17. The zero-order chi connectivity index (χ0) is 18.1. The maximum atomic E-state index is 12.8. The van der Waals surface area contributed by atoms with E-state index < -0.39 is 0 Å². The molecule has 4 heterocycles. The van der Waals surface area contributed by atoms with E-state index in [2.05, 4.69) is 33.9 Å². The fraction of sp³-hybridized carbons (Fsp3) is 0.368. The van der Waals surface area contributed by atoms with Crippen molar-refractivity contribution in [3.8, 4) is 0 Å². The van der Waals surface area contributed by atoms with Crippen LogP contribution in [-0.4, -0.2) is 68.5 Å². The summed E-state index contributed by atoms with van der Waals surface area (Å²) in [4.78, 5) is 30.1. The van der Waals surface area contributed by atoms with Crippen LogP contribution in [0.4, 0.5) is 0 Å². The second kappa shape index (κ2) is 6.84. The molecule has 1 unspecified atom stereocenters. The quantitative estimate of drug-likeness (QED) is 0.716. The van der Waals surface area contributed by atoms with Gasteiger partial charge in [-0.3, -0.25) is 9.78 Å². The first-order valence-corrected chi connectivity index (χ1v) is 8.78. The van der Waals surface area contributed by atoms with Gasteiger partial charge in [0.05, 0.1) is 24.1 Å². The van der Waals surface area contributed by atoms with Crippen molar-refractivity contribution in [1.82, 2.24) is 29.3 Å². The van der Waals surface area contributed by atoms with E-state index in [1.807, 2.05) is 33.7 Å². The number of hydrogen-bond acceptors (Lipinski definition) is 5. The number of imidazole rings is 1. The molecule has 0 radical (unpaired) electrons. The van der Waals surface area contributed by atoms with Crippen molar-refractivity contribution in [1.29, 1.82) is 0 Å². The highest BCUT2D eigenvalue weighted by Crippen LogP contribution is 2.19. The Balaban J connectivity index is 1.54. The van der Waals surface area contributed by atoms with Gasteiger partial charge in [-0.1, -0.05) is 6.07 Å². The number of likely N-dealkylation sites (tertiary alicyclic amines) is 1. The summed E-state index contributed by atoms with van der Waals surface area (Å²) in [5.74, 6) is 0.0306. The first kappa shape index (κ1) is 16.7. The van der Waals surface area contributed by atoms with Crippen molar-refractivity contribution < 1.29 is 4.79 Å². The fourth-order valence-corrected chi connectivity index (χ4v) is 3.38. The smallest absolute Gasteiger partial charge is 0.255 e. The first-order valence-electron chi connectivity index (χ1n) is 8.78. The molecule has 7 heteroatoms. The number of carbonyl (C=O) groups excluding carboxylic acids is 1. The molecule has 0 aliphatic carbocycles. The van der Waals surface area contributed by atoms with Crippen LogP contribution in [0, 0.1) is 0 Å². The Morgan fingerprint density at radius 2 is 2.15 bits per heavy atom. The minimum absolute atomic E-state index is 0.0306. The van der Waals surface area contributed by atoms with Crippen molar-refractivity contribution in [2.75, 3.05) is 27.2 Å². The predicted molar refractivity (Wildman–Crippen MR) is 98.9 cm³/mol. The van der Waals surface area contributed by atoms with Crippen molar-refractivity contribution in [2.24, 2.45) is 0 Å². The van der Waals surface area contributed by atoms with Crippen molar-refractivity contribution >= 4 is 17.1 Å². The van der Waals surface area contributed by atoms with Gasteiger partial charge in [-0.15, -0.1) is 0 Å². The molecule has 0 saturated carbocycles. The van der Waals surface area contributed by atoms with Gasteiger partial charge in [-0.2, -0.15) is 0 Å². The molecule has 1 atom stereocenters. The lowest BCUT2D eigenvalue weighted by Crippen LogP contribution is -2.34. The molecule has 1 aliphatic heterocycles. The summed E-state index contributed by atoms with van der Waals surface area (Å²) in [6.45, 7) is 2.15. The maximum absolute atomic E-state index is 12.8. The lowest BCUT2D eigenvalue weighted by atomic mass is 10.2. The largest absolute Gasteiger partial charge is 0.337 e. The van der Waals surface area contributed by atoms with E-state index in [0.29, 0.717) is 18.2 Å². The number of aromatic nitrogens is 4. The molecular weight excluding hydrogens is 328 g/mol. The number of nitrogens with zero attached hydrogens (tertiary/aromatic N) is 6. The van der Waals surface area contributed by atoms with Crippen LogP contribution in [0.25, 0.3) is 11.2 Å². The molecule has 0 N–H and O–H groups in total. The highest BCUT2D eigenvalue weighted by molar-refractivity contribution is 5.96. The van der Waals surface area contributed by atoms with E-state index in [0.717, 1.165) is 36.4 Å². The highest BCUT2D eigenvalue weighted by Gasteiger charge is 2.28. The summed E-state index contributed by atoms with van der Waals surface area (Å²) in [5.41, 5.74) is 3.04. The Labute approximate surface area is 152 Å². The standard InChI is InChI=1S/C19H22N6O/c1-23(2)16-6-8-24(12-16)19(26)14-9-17-18(21-10-14)25(13-22-17)11-15-5-3-4-7-20-15/h3-5,7,9-10,13,16H,6,8,11-12H2,1-2H3. The van der Waals surface area contributed by atoms with Crippen molar-refractivity contribution in [2.45, 2.75) is 19.0 Å². The maximum Gasteiger partial charge on any atom is 0.255 e. The molecule has 1 saturated heterocycles. The van der Waals surface area contributed by atoms with Gasteiger partial charge in [-0.25, -0.2) is 9.97 Å². The summed E-state index contributed by atoms with van der Waals surface area (Å²) in [6, 6.07) is 8.09. The minimum Gasteiger partial charge on any atom is -0.337 e. The molecule has 3 aromatic rings. The average molecular weight is 350 g/mol. The summed E-state index contributed by atoms with van der Waals surface area (Å²) < 4.78 is 1.95. The highest BCUT2D eigenvalue weighted by atomic mass is 16.2. The van der Waals surface area contributed by atoms with Crippen LogP contribution in [0.1, 0.15) is 22.5 Å². The van der Waals surface area contributed by atoms with Gasteiger partial charge >= 0.3 is 0 Å². The molecule has 1 amide bonds. The van der Waals surface area contributed by atoms with Gasteiger partial charge in [0.25, 0.3) is 5.91 Å². The van der Waals surface area contributed by atoms with Gasteiger partial charge in [-0.05, 0) is 38.7 Å². The number of carbonyl (C=O) groups is 1. The number of fused-ring (bicyclic) bond motifs is 1. The third-order valence-electron chi connectivity index (χ3n) is 4.94. The number of pyridine rings is 2. The Kier molecular flexibility index (Phi) is 4.38. The number of amides is 1. The fourth-order valence-electron chi connectivity index (χ4n) is 3.38. The number of rotatable bonds is 4. The molecule has 0 spiro atoms. The Morgan fingerprint density at radius 3 is 2.88 bits per heavy atom. The zero-order valence-electron chi connectivity index (χ0n) is 15.0. The summed E-state index contributed by atoms with van der Waals surface area (Å²) in [5, 5.41) is 0. The topological polar surface area (TPSA) is 67.2 Å². The van der Waals surface area contributed by atoms with Crippen LogP contribution in [0.15, 0.2) is 43.0 Å². The predicted octanol–water partition coefficient (Wildman–Crippen LogP) is 1.65. The van der Waals surface area contributed by atoms with Gasteiger partial charge in [0.1, 0.15) is 5.52 Å². The van der Waals surface area contributed by atoms with Gasteiger partial charge in [0, 0.05) is 31.5 Å².